The third-order valence-electron chi connectivity index (χ3n) is 3.27. The largest absolute Gasteiger partial charge is 0.504 e. The van der Waals surface area contributed by atoms with Gasteiger partial charge in [0.1, 0.15) is 0 Å². The van der Waals surface area contributed by atoms with Crippen LogP contribution in [0.3, 0.4) is 0 Å². The van der Waals surface area contributed by atoms with Gasteiger partial charge in [-0.1, -0.05) is 0 Å². The van der Waals surface area contributed by atoms with Gasteiger partial charge < -0.3 is 19.3 Å². The van der Waals surface area contributed by atoms with E-state index in [0.29, 0.717) is 31.1 Å². The van der Waals surface area contributed by atoms with Crippen molar-refractivity contribution in [2.75, 3.05) is 19.8 Å². The molecule has 1 aliphatic heterocycles. The molecule has 1 fully saturated rings. The molecule has 1 heterocycles. The molecule has 0 unspecified atom stereocenters. The van der Waals surface area contributed by atoms with Crippen LogP contribution >= 0.6 is 0 Å². The van der Waals surface area contributed by atoms with Gasteiger partial charge in [-0.15, -0.1) is 0 Å². The third kappa shape index (κ3) is 5.22. The topological polar surface area (TPSA) is 89.4 Å². The molecule has 2 rings (SSSR count). The summed E-state index contributed by atoms with van der Waals surface area (Å²) in [5.41, 5.74) is 3.13. The monoisotopic (exact) mass is 322 g/mol. The summed E-state index contributed by atoms with van der Waals surface area (Å²) in [7, 11) is 0. The zero-order chi connectivity index (χ0) is 16.7. The number of hydrogen-bond donors (Lipinski definition) is 2. The summed E-state index contributed by atoms with van der Waals surface area (Å²) in [5, 5.41) is 13.5. The van der Waals surface area contributed by atoms with Crippen molar-refractivity contribution in [1.29, 1.82) is 0 Å². The minimum atomic E-state index is -0.890. The van der Waals surface area contributed by atoms with E-state index in [4.69, 9.17) is 14.2 Å². The number of hydrazone groups is 1. The van der Waals surface area contributed by atoms with Gasteiger partial charge in [-0.3, -0.25) is 4.79 Å². The molecule has 0 aliphatic carbocycles. The Morgan fingerprint density at radius 2 is 2.22 bits per heavy atom. The molecular formula is C16H22N2O5. The lowest BCUT2D eigenvalue weighted by atomic mass is 10.2. The number of nitrogens with one attached hydrogen (secondary N) is 1. The van der Waals surface area contributed by atoms with Crippen LogP contribution in [0, 0.1) is 0 Å². The number of ether oxygens (including phenoxy) is 3. The van der Waals surface area contributed by atoms with Crippen molar-refractivity contribution in [3.8, 4) is 11.5 Å². The van der Waals surface area contributed by atoms with E-state index in [1.54, 1.807) is 19.1 Å². The number of carbonyl (C=O) groups excluding carboxylic acids is 1. The first kappa shape index (κ1) is 17.2. The number of carbonyl (C=O) groups is 1. The van der Waals surface area contributed by atoms with Crippen molar-refractivity contribution in [3.63, 3.8) is 0 Å². The number of hydrogen-bond acceptors (Lipinski definition) is 6. The van der Waals surface area contributed by atoms with Crippen molar-refractivity contribution in [1.82, 2.24) is 5.43 Å². The number of nitrogens with zero attached hydrogens (tertiary/aromatic N) is 1. The maximum Gasteiger partial charge on any atom is 0.245 e. The van der Waals surface area contributed by atoms with Gasteiger partial charge in [-0.05, 0) is 44.0 Å². The maximum absolute atomic E-state index is 11.9. The summed E-state index contributed by atoms with van der Waals surface area (Å²) < 4.78 is 16.2. The van der Waals surface area contributed by atoms with E-state index in [9.17, 15) is 9.90 Å². The SMILES string of the molecule is CCOc1cc(/C=N\NC(=O)CC2(C)OCCCO2)ccc1O. The molecule has 1 aromatic carbocycles. The van der Waals surface area contributed by atoms with Crippen molar-refractivity contribution in [2.24, 2.45) is 5.10 Å². The van der Waals surface area contributed by atoms with Gasteiger partial charge in [0.25, 0.3) is 0 Å². The lowest BCUT2D eigenvalue weighted by molar-refractivity contribution is -0.256. The second kappa shape index (κ2) is 7.94. The van der Waals surface area contributed by atoms with Crippen molar-refractivity contribution < 1.29 is 24.1 Å². The molecule has 1 amide bonds. The molecule has 7 heteroatoms. The zero-order valence-electron chi connectivity index (χ0n) is 13.4. The van der Waals surface area contributed by atoms with Gasteiger partial charge in [0.15, 0.2) is 17.3 Å². The Balaban J connectivity index is 1.88. The van der Waals surface area contributed by atoms with E-state index in [-0.39, 0.29) is 18.1 Å². The van der Waals surface area contributed by atoms with E-state index in [2.05, 4.69) is 10.5 Å². The van der Waals surface area contributed by atoms with Crippen LogP contribution in [-0.2, 0) is 14.3 Å². The minimum absolute atomic E-state index is 0.0626. The smallest absolute Gasteiger partial charge is 0.245 e. The Kier molecular flexibility index (Phi) is 5.95. The summed E-state index contributed by atoms with van der Waals surface area (Å²) >= 11 is 0. The van der Waals surface area contributed by atoms with Gasteiger partial charge >= 0.3 is 0 Å². The first-order valence-corrected chi connectivity index (χ1v) is 7.58. The fraction of sp³-hybridized carbons (Fsp3) is 0.500. The molecule has 0 spiro atoms. The summed E-state index contributed by atoms with van der Waals surface area (Å²) in [6.45, 7) is 5.19. The number of phenols is 1. The van der Waals surface area contributed by atoms with Gasteiger partial charge in [0.05, 0.1) is 32.5 Å². The normalized spacial score (nSPS) is 17.1. The summed E-state index contributed by atoms with van der Waals surface area (Å²) in [6.07, 6.45) is 2.38. The van der Waals surface area contributed by atoms with Gasteiger partial charge in [0, 0.05) is 0 Å². The lowest BCUT2D eigenvalue weighted by Gasteiger charge is -2.33. The summed E-state index contributed by atoms with van der Waals surface area (Å²) in [6, 6.07) is 4.82. The highest BCUT2D eigenvalue weighted by molar-refractivity contribution is 5.83. The molecule has 1 aromatic rings. The molecule has 126 valence electrons. The first-order chi connectivity index (χ1) is 11.0. The Hall–Kier alpha value is -2.12. The van der Waals surface area contributed by atoms with Crippen molar-refractivity contribution >= 4 is 12.1 Å². The van der Waals surface area contributed by atoms with Crippen molar-refractivity contribution in [3.05, 3.63) is 23.8 Å². The summed E-state index contributed by atoms with van der Waals surface area (Å²) in [5.74, 6) is -0.750. The molecular weight excluding hydrogens is 300 g/mol. The number of rotatable bonds is 6. The van der Waals surface area contributed by atoms with Gasteiger partial charge in [-0.2, -0.15) is 5.10 Å². The fourth-order valence-corrected chi connectivity index (χ4v) is 2.17. The van der Waals surface area contributed by atoms with E-state index in [1.165, 1.54) is 12.3 Å². The molecule has 23 heavy (non-hydrogen) atoms. The van der Waals surface area contributed by atoms with Crippen LogP contribution in [0.25, 0.3) is 0 Å². The number of aromatic hydroxyl groups is 1. The predicted octanol–water partition coefficient (Wildman–Crippen LogP) is 1.78. The van der Waals surface area contributed by atoms with Crippen LogP contribution in [0.2, 0.25) is 0 Å². The van der Waals surface area contributed by atoms with Crippen LogP contribution in [0.4, 0.5) is 0 Å². The van der Waals surface area contributed by atoms with E-state index in [0.717, 1.165) is 6.42 Å². The lowest BCUT2D eigenvalue weighted by Crippen LogP contribution is -2.41. The highest BCUT2D eigenvalue weighted by Gasteiger charge is 2.31. The Bertz CT molecular complexity index is 568. The van der Waals surface area contributed by atoms with Crippen LogP contribution < -0.4 is 10.2 Å². The van der Waals surface area contributed by atoms with Crippen LogP contribution in [0.5, 0.6) is 11.5 Å². The highest BCUT2D eigenvalue weighted by atomic mass is 16.7. The molecule has 0 radical (unpaired) electrons. The van der Waals surface area contributed by atoms with E-state index >= 15 is 0 Å². The number of amides is 1. The zero-order valence-corrected chi connectivity index (χ0v) is 13.4. The standard InChI is InChI=1S/C16H22N2O5/c1-3-21-14-9-12(5-6-13(14)19)11-17-18-15(20)10-16(2)22-7-4-8-23-16/h5-6,9,11,19H,3-4,7-8,10H2,1-2H3,(H,18,20)/b17-11-. The average Bonchev–Trinajstić information content (AvgIpc) is 2.51. The molecule has 0 saturated carbocycles. The van der Waals surface area contributed by atoms with Crippen molar-refractivity contribution in [2.45, 2.75) is 32.5 Å². The van der Waals surface area contributed by atoms with Gasteiger partial charge in [0.2, 0.25) is 5.91 Å². The van der Waals surface area contributed by atoms with E-state index < -0.39 is 5.79 Å². The third-order valence-corrected chi connectivity index (χ3v) is 3.27. The molecule has 7 nitrogen and oxygen atoms in total. The Labute approximate surface area is 135 Å². The van der Waals surface area contributed by atoms with Crippen LogP contribution in [-0.4, -0.2) is 42.8 Å². The number of phenolic OH excluding ortho intramolecular Hbond substituents is 1. The number of benzene rings is 1. The second-order valence-corrected chi connectivity index (χ2v) is 5.31. The minimum Gasteiger partial charge on any atom is -0.504 e. The molecule has 0 atom stereocenters. The van der Waals surface area contributed by atoms with Gasteiger partial charge in [-0.25, -0.2) is 5.43 Å². The molecule has 1 aliphatic rings. The van der Waals surface area contributed by atoms with Crippen LogP contribution in [0.15, 0.2) is 23.3 Å². The summed E-state index contributed by atoms with van der Waals surface area (Å²) in [4.78, 5) is 11.9. The second-order valence-electron chi connectivity index (χ2n) is 5.31. The molecule has 1 saturated heterocycles. The first-order valence-electron chi connectivity index (χ1n) is 7.58. The van der Waals surface area contributed by atoms with Crippen LogP contribution in [0.1, 0.15) is 32.3 Å². The maximum atomic E-state index is 11.9. The Morgan fingerprint density at radius 1 is 1.48 bits per heavy atom. The molecule has 2 N–H and O–H groups in total. The Morgan fingerprint density at radius 3 is 2.91 bits per heavy atom. The molecule has 0 aromatic heterocycles. The predicted molar refractivity (Wildman–Crippen MR) is 84.6 cm³/mol. The highest BCUT2D eigenvalue weighted by Crippen LogP contribution is 2.26. The fourth-order valence-electron chi connectivity index (χ4n) is 2.17. The molecule has 0 bridgehead atoms. The van der Waals surface area contributed by atoms with E-state index in [1.807, 2.05) is 6.92 Å². The average molecular weight is 322 g/mol. The quantitative estimate of drug-likeness (QED) is 0.615.